The van der Waals surface area contributed by atoms with Gasteiger partial charge in [0.15, 0.2) is 5.78 Å². The summed E-state index contributed by atoms with van der Waals surface area (Å²) in [5.41, 5.74) is 3.98. The summed E-state index contributed by atoms with van der Waals surface area (Å²) in [6.07, 6.45) is 7.43. The van der Waals surface area contributed by atoms with E-state index >= 15 is 0 Å². The number of hydrogen-bond donors (Lipinski definition) is 0. The number of hydrogen-bond acceptors (Lipinski definition) is 1. The molecule has 1 heterocycles. The van der Waals surface area contributed by atoms with Crippen LogP contribution >= 0.6 is 0 Å². The Hall–Kier alpha value is -2.87. The molecular formula is C20H17NO. The zero-order valence-electron chi connectivity index (χ0n) is 12.4. The van der Waals surface area contributed by atoms with E-state index in [9.17, 15) is 4.79 Å². The van der Waals surface area contributed by atoms with E-state index in [1.54, 1.807) is 6.08 Å². The Morgan fingerprint density at radius 3 is 2.18 bits per heavy atom. The highest BCUT2D eigenvalue weighted by molar-refractivity contribution is 6.06. The Bertz CT molecular complexity index is 779. The lowest BCUT2D eigenvalue weighted by Gasteiger charge is -2.03. The van der Waals surface area contributed by atoms with Gasteiger partial charge in [-0.2, -0.15) is 0 Å². The first-order valence-corrected chi connectivity index (χ1v) is 7.25. The molecule has 0 unspecified atom stereocenters. The second-order valence-electron chi connectivity index (χ2n) is 5.25. The Balaban J connectivity index is 1.73. The zero-order valence-corrected chi connectivity index (χ0v) is 12.4. The lowest BCUT2D eigenvalue weighted by atomic mass is 10.1. The summed E-state index contributed by atoms with van der Waals surface area (Å²) in [4.78, 5) is 12.2. The van der Waals surface area contributed by atoms with Gasteiger partial charge in [-0.25, -0.2) is 0 Å². The third-order valence-electron chi connectivity index (χ3n) is 3.56. The van der Waals surface area contributed by atoms with Crippen LogP contribution in [0.15, 0.2) is 79.1 Å². The van der Waals surface area contributed by atoms with E-state index < -0.39 is 0 Å². The number of benzene rings is 2. The molecule has 3 aromatic rings. The fraction of sp³-hybridized carbons (Fsp3) is 0.0500. The van der Waals surface area contributed by atoms with Crippen molar-refractivity contribution in [2.24, 2.45) is 0 Å². The predicted molar refractivity (Wildman–Crippen MR) is 90.3 cm³/mol. The summed E-state index contributed by atoms with van der Waals surface area (Å²) in [5, 5.41) is 0. The van der Waals surface area contributed by atoms with E-state index in [1.165, 1.54) is 5.56 Å². The highest BCUT2D eigenvalue weighted by Gasteiger charge is 2.02. The maximum atomic E-state index is 12.2. The first-order valence-electron chi connectivity index (χ1n) is 7.25. The van der Waals surface area contributed by atoms with Crippen LogP contribution in [0.4, 0.5) is 0 Å². The molecule has 0 spiro atoms. The van der Waals surface area contributed by atoms with Crippen molar-refractivity contribution < 1.29 is 4.79 Å². The van der Waals surface area contributed by atoms with Gasteiger partial charge in [-0.3, -0.25) is 4.79 Å². The van der Waals surface area contributed by atoms with E-state index in [-0.39, 0.29) is 5.78 Å². The van der Waals surface area contributed by atoms with Crippen LogP contribution < -0.4 is 0 Å². The van der Waals surface area contributed by atoms with E-state index in [0.29, 0.717) is 5.56 Å². The number of carbonyl (C=O) groups is 1. The first-order chi connectivity index (χ1) is 10.7. The van der Waals surface area contributed by atoms with Crippen LogP contribution in [-0.4, -0.2) is 10.4 Å². The number of rotatable bonds is 4. The van der Waals surface area contributed by atoms with Crippen molar-refractivity contribution in [2.75, 3.05) is 0 Å². The van der Waals surface area contributed by atoms with Crippen molar-refractivity contribution >= 4 is 11.9 Å². The quantitative estimate of drug-likeness (QED) is 0.504. The van der Waals surface area contributed by atoms with Crippen molar-refractivity contribution in [3.63, 3.8) is 0 Å². The molecule has 0 amide bonds. The molecule has 0 fully saturated rings. The van der Waals surface area contributed by atoms with Crippen LogP contribution in [0.25, 0.3) is 11.8 Å². The fourth-order valence-electron chi connectivity index (χ4n) is 2.25. The molecule has 1 aromatic heterocycles. The van der Waals surface area contributed by atoms with Crippen LogP contribution in [0.3, 0.4) is 0 Å². The van der Waals surface area contributed by atoms with Crippen LogP contribution in [0.5, 0.6) is 0 Å². The van der Waals surface area contributed by atoms with E-state index in [2.05, 4.69) is 0 Å². The number of aromatic nitrogens is 1. The monoisotopic (exact) mass is 287 g/mol. The minimum Gasteiger partial charge on any atom is -0.324 e. The summed E-state index contributed by atoms with van der Waals surface area (Å²) >= 11 is 0. The van der Waals surface area contributed by atoms with Gasteiger partial charge in [0.25, 0.3) is 0 Å². The lowest BCUT2D eigenvalue weighted by molar-refractivity contribution is 0.104. The average molecular weight is 287 g/mol. The highest BCUT2D eigenvalue weighted by atomic mass is 16.1. The Kier molecular flexibility index (Phi) is 4.01. The number of allylic oxidation sites excluding steroid dienone is 1. The van der Waals surface area contributed by atoms with Gasteiger partial charge in [0.05, 0.1) is 0 Å². The van der Waals surface area contributed by atoms with Gasteiger partial charge in [0, 0.05) is 23.6 Å². The van der Waals surface area contributed by atoms with Gasteiger partial charge < -0.3 is 4.57 Å². The number of aryl methyl sites for hydroxylation is 1. The molecule has 2 nitrogen and oxygen atoms in total. The van der Waals surface area contributed by atoms with Crippen molar-refractivity contribution in [1.29, 1.82) is 0 Å². The van der Waals surface area contributed by atoms with Crippen LogP contribution in [0.2, 0.25) is 0 Å². The molecule has 0 atom stereocenters. The van der Waals surface area contributed by atoms with Gasteiger partial charge in [-0.1, -0.05) is 35.9 Å². The lowest BCUT2D eigenvalue weighted by Crippen LogP contribution is -1.96. The van der Waals surface area contributed by atoms with Gasteiger partial charge in [0.2, 0.25) is 0 Å². The topological polar surface area (TPSA) is 22.0 Å². The second kappa shape index (κ2) is 6.27. The molecule has 0 N–H and O–H groups in total. The molecule has 0 bridgehead atoms. The first kappa shape index (κ1) is 14.1. The molecule has 0 aliphatic rings. The van der Waals surface area contributed by atoms with Crippen LogP contribution in [-0.2, 0) is 0 Å². The molecule has 0 saturated heterocycles. The van der Waals surface area contributed by atoms with Crippen molar-refractivity contribution in [1.82, 2.24) is 4.57 Å². The summed E-state index contributed by atoms with van der Waals surface area (Å²) < 4.78 is 2.01. The van der Waals surface area contributed by atoms with Crippen molar-refractivity contribution in [3.8, 4) is 5.69 Å². The number of nitrogens with zero attached hydrogens (tertiary/aromatic N) is 1. The van der Waals surface area contributed by atoms with Crippen molar-refractivity contribution in [2.45, 2.75) is 6.92 Å². The minimum absolute atomic E-state index is 0.0135. The summed E-state index contributed by atoms with van der Waals surface area (Å²) in [5.74, 6) is 0.0135. The molecule has 2 heteroatoms. The molecule has 0 saturated carbocycles. The second-order valence-corrected chi connectivity index (χ2v) is 5.25. The van der Waals surface area contributed by atoms with Gasteiger partial charge in [-0.05, 0) is 55.0 Å². The maximum Gasteiger partial charge on any atom is 0.185 e. The van der Waals surface area contributed by atoms with E-state index in [4.69, 9.17) is 0 Å². The zero-order chi connectivity index (χ0) is 15.4. The molecule has 108 valence electrons. The van der Waals surface area contributed by atoms with E-state index in [0.717, 1.165) is 11.3 Å². The minimum atomic E-state index is 0.0135. The largest absolute Gasteiger partial charge is 0.324 e. The van der Waals surface area contributed by atoms with Crippen LogP contribution in [0.1, 0.15) is 21.5 Å². The standard InChI is InChI=1S/C20H17NO/c1-16-4-6-17(7-5-16)8-13-20(22)18-9-11-19(12-10-18)21-14-2-3-15-21/h2-15H,1H3/b13-8+. The predicted octanol–water partition coefficient (Wildman–Crippen LogP) is 4.68. The molecule has 3 rings (SSSR count). The number of ketones is 1. The number of carbonyl (C=O) groups excluding carboxylic acids is 1. The third kappa shape index (κ3) is 3.23. The van der Waals surface area contributed by atoms with Crippen molar-refractivity contribution in [3.05, 3.63) is 95.8 Å². The summed E-state index contributed by atoms with van der Waals surface area (Å²) in [6.45, 7) is 2.05. The SMILES string of the molecule is Cc1ccc(/C=C/C(=O)c2ccc(-n3cccc3)cc2)cc1. The molecule has 0 aliphatic heterocycles. The maximum absolute atomic E-state index is 12.2. The van der Waals surface area contributed by atoms with Gasteiger partial charge in [-0.15, -0.1) is 0 Å². The Morgan fingerprint density at radius 1 is 0.909 bits per heavy atom. The Morgan fingerprint density at radius 2 is 1.55 bits per heavy atom. The summed E-state index contributed by atoms with van der Waals surface area (Å²) in [7, 11) is 0. The Labute approximate surface area is 130 Å². The van der Waals surface area contributed by atoms with Gasteiger partial charge >= 0.3 is 0 Å². The fourth-order valence-corrected chi connectivity index (χ4v) is 2.25. The molecule has 2 aromatic carbocycles. The molecule has 22 heavy (non-hydrogen) atoms. The average Bonchev–Trinajstić information content (AvgIpc) is 3.09. The van der Waals surface area contributed by atoms with Crippen LogP contribution in [0, 0.1) is 6.92 Å². The normalized spacial score (nSPS) is 11.0. The van der Waals surface area contributed by atoms with Gasteiger partial charge in [0.1, 0.15) is 0 Å². The summed E-state index contributed by atoms with van der Waals surface area (Å²) in [6, 6.07) is 19.7. The molecule has 0 aliphatic carbocycles. The molecule has 0 radical (unpaired) electrons. The van der Waals surface area contributed by atoms with E-state index in [1.807, 2.05) is 90.6 Å². The smallest absolute Gasteiger partial charge is 0.185 e. The highest BCUT2D eigenvalue weighted by Crippen LogP contribution is 2.12. The third-order valence-corrected chi connectivity index (χ3v) is 3.56. The molecular weight excluding hydrogens is 270 g/mol.